The number of carboxylic acid groups (broad SMARTS) is 1. The second-order valence-electron chi connectivity index (χ2n) is 7.39. The van der Waals surface area contributed by atoms with E-state index in [1.165, 1.54) is 0 Å². The Morgan fingerprint density at radius 3 is 2.31 bits per heavy atom. The molecule has 0 aliphatic rings. The molecule has 0 atom stereocenters. The monoisotopic (exact) mass is 510 g/mol. The lowest BCUT2D eigenvalue weighted by molar-refractivity contribution is -0.115. The average Bonchev–Trinajstić information content (AvgIpc) is 2.87. The zero-order valence-electron chi connectivity index (χ0n) is 19.5. The van der Waals surface area contributed by atoms with Crippen LogP contribution in [0.25, 0.3) is 0 Å². The van der Waals surface area contributed by atoms with Gasteiger partial charge >= 0.3 is 18.0 Å². The van der Waals surface area contributed by atoms with Crippen molar-refractivity contribution in [1.82, 2.24) is 25.1 Å². The van der Waals surface area contributed by atoms with Crippen LogP contribution in [0, 0.1) is 0 Å². The third kappa shape index (κ3) is 7.24. The van der Waals surface area contributed by atoms with Crippen molar-refractivity contribution < 1.29 is 24.2 Å². The van der Waals surface area contributed by atoms with Crippen LogP contribution >= 0.6 is 11.6 Å². The molecule has 0 radical (unpaired) electrons. The van der Waals surface area contributed by atoms with Crippen LogP contribution in [0.5, 0.6) is 11.8 Å². The zero-order chi connectivity index (χ0) is 26.1. The number of carboxylic acids is 1. The second-order valence-corrected chi connectivity index (χ2v) is 7.83. The lowest BCUT2D eigenvalue weighted by atomic mass is 10.2. The fraction of sp³-hybridized carbons (Fsp3) is 0.167. The number of benzene rings is 2. The molecule has 3 aromatic rings. The predicted octanol–water partition coefficient (Wildman–Crippen LogP) is 3.93. The van der Waals surface area contributed by atoms with E-state index in [0.29, 0.717) is 29.4 Å². The first-order valence-corrected chi connectivity index (χ1v) is 11.1. The van der Waals surface area contributed by atoms with Gasteiger partial charge < -0.3 is 14.7 Å². The summed E-state index contributed by atoms with van der Waals surface area (Å²) in [7, 11) is 1.75. The van der Waals surface area contributed by atoms with Gasteiger partial charge in [0.25, 0.3) is 0 Å². The maximum absolute atomic E-state index is 12.5. The minimum atomic E-state index is -1.14. The Kier molecular flexibility index (Phi) is 8.89. The molecule has 0 bridgehead atoms. The molecule has 3 amide bonds. The largest absolute Gasteiger partial charge is 0.478 e. The quantitative estimate of drug-likeness (QED) is 0.264. The van der Waals surface area contributed by atoms with Gasteiger partial charge in [-0.3, -0.25) is 15.0 Å². The van der Waals surface area contributed by atoms with E-state index in [4.69, 9.17) is 21.4 Å². The fourth-order valence-electron chi connectivity index (χ4n) is 2.88. The number of hydrogen-bond acceptors (Lipinski definition) is 7. The van der Waals surface area contributed by atoms with Gasteiger partial charge in [-0.05, 0) is 48.9 Å². The number of nitrogens with zero attached hydrogens (tertiary/aromatic N) is 5. The van der Waals surface area contributed by atoms with Gasteiger partial charge in [-0.15, -0.1) is 0 Å². The number of aromatic nitrogens is 2. The van der Waals surface area contributed by atoms with Gasteiger partial charge in [-0.25, -0.2) is 24.5 Å². The van der Waals surface area contributed by atoms with Crippen LogP contribution in [0.2, 0.25) is 5.02 Å². The summed E-state index contributed by atoms with van der Waals surface area (Å²) in [6.07, 6.45) is 2.74. The number of ether oxygens (including phenoxy) is 1. The van der Waals surface area contributed by atoms with E-state index in [1.54, 1.807) is 55.3 Å². The minimum absolute atomic E-state index is 0.0135. The van der Waals surface area contributed by atoms with Crippen molar-refractivity contribution in [3.8, 4) is 11.8 Å². The van der Waals surface area contributed by atoms with Crippen LogP contribution in [0.15, 0.2) is 65.9 Å². The standard InChI is InChI=1S/C24H23ClN6O5/c1-3-31(15-32)24(35)29-22(30(2)14-16-4-6-18(25)7-5-16)28-19-8-10-20(11-9-19)36-23-26-12-17(13-27-23)21(33)34/h4-13,15H,3,14H2,1-2H3,(H,33,34)(H,28,29,35). The highest BCUT2D eigenvalue weighted by atomic mass is 35.5. The van der Waals surface area contributed by atoms with Crippen LogP contribution in [0.4, 0.5) is 10.5 Å². The molecule has 2 N–H and O–H groups in total. The first kappa shape index (κ1) is 26.1. The maximum atomic E-state index is 12.5. The summed E-state index contributed by atoms with van der Waals surface area (Å²) in [6, 6.07) is 13.2. The molecule has 0 saturated heterocycles. The van der Waals surface area contributed by atoms with E-state index in [0.717, 1.165) is 22.9 Å². The van der Waals surface area contributed by atoms with Crippen molar-refractivity contribution in [3.05, 3.63) is 77.1 Å². The highest BCUT2D eigenvalue weighted by Gasteiger charge is 2.16. The van der Waals surface area contributed by atoms with Gasteiger partial charge in [0.15, 0.2) is 0 Å². The van der Waals surface area contributed by atoms with Crippen molar-refractivity contribution in [3.63, 3.8) is 0 Å². The Morgan fingerprint density at radius 1 is 1.11 bits per heavy atom. The average molecular weight is 511 g/mol. The van der Waals surface area contributed by atoms with Crippen LogP contribution in [0.3, 0.4) is 0 Å². The number of imide groups is 1. The molecule has 36 heavy (non-hydrogen) atoms. The SMILES string of the molecule is CCN(C=O)C(=O)NC(=Nc1ccc(Oc2ncc(C(=O)O)cn2)cc1)N(C)Cc1ccc(Cl)cc1. The maximum Gasteiger partial charge on any atom is 0.338 e. The van der Waals surface area contributed by atoms with Gasteiger partial charge in [-0.1, -0.05) is 23.7 Å². The van der Waals surface area contributed by atoms with Crippen molar-refractivity contribution >= 4 is 41.7 Å². The molecule has 1 heterocycles. The summed E-state index contributed by atoms with van der Waals surface area (Å²) in [5, 5.41) is 12.2. The Bertz CT molecular complexity index is 1230. The molecule has 0 saturated carbocycles. The van der Waals surface area contributed by atoms with Crippen molar-refractivity contribution in [2.75, 3.05) is 13.6 Å². The van der Waals surface area contributed by atoms with E-state index < -0.39 is 12.0 Å². The smallest absolute Gasteiger partial charge is 0.338 e. The number of aromatic carboxylic acids is 1. The van der Waals surface area contributed by atoms with E-state index in [-0.39, 0.29) is 24.1 Å². The van der Waals surface area contributed by atoms with Crippen LogP contribution in [-0.2, 0) is 11.3 Å². The summed E-state index contributed by atoms with van der Waals surface area (Å²) in [6.45, 7) is 2.29. The summed E-state index contributed by atoms with van der Waals surface area (Å²) in [5.74, 6) is -0.519. The minimum Gasteiger partial charge on any atom is -0.478 e. The Labute approximate surface area is 212 Å². The first-order valence-electron chi connectivity index (χ1n) is 10.7. The molecule has 11 nitrogen and oxygen atoms in total. The molecule has 0 aliphatic heterocycles. The molecular weight excluding hydrogens is 488 g/mol. The number of guanidine groups is 1. The molecule has 0 fully saturated rings. The third-order valence-corrected chi connectivity index (χ3v) is 5.05. The Hall–Kier alpha value is -4.51. The molecule has 0 aliphatic carbocycles. The number of carbonyl (C=O) groups excluding carboxylic acids is 2. The molecule has 12 heteroatoms. The number of urea groups is 1. The van der Waals surface area contributed by atoms with Crippen molar-refractivity contribution in [1.29, 1.82) is 0 Å². The molecule has 1 aromatic heterocycles. The summed E-state index contributed by atoms with van der Waals surface area (Å²) in [4.78, 5) is 49.6. The van der Waals surface area contributed by atoms with Crippen molar-refractivity contribution in [2.45, 2.75) is 13.5 Å². The molecular formula is C24H23ClN6O5. The Balaban J connectivity index is 1.79. The highest BCUT2D eigenvalue weighted by Crippen LogP contribution is 2.22. The first-order chi connectivity index (χ1) is 17.3. The normalized spacial score (nSPS) is 10.9. The van der Waals surface area contributed by atoms with Gasteiger partial charge in [0, 0.05) is 37.6 Å². The molecule has 3 rings (SSSR count). The van der Waals surface area contributed by atoms with Gasteiger partial charge in [0.1, 0.15) is 5.75 Å². The van der Waals surface area contributed by atoms with Crippen LogP contribution < -0.4 is 10.1 Å². The molecule has 186 valence electrons. The van der Waals surface area contributed by atoms with Gasteiger partial charge in [0.2, 0.25) is 12.4 Å². The van der Waals surface area contributed by atoms with Gasteiger partial charge in [-0.2, -0.15) is 0 Å². The lowest BCUT2D eigenvalue weighted by Crippen LogP contribution is -2.47. The number of amides is 3. The Morgan fingerprint density at radius 2 is 1.75 bits per heavy atom. The van der Waals surface area contributed by atoms with Crippen LogP contribution in [-0.4, -0.2) is 62.8 Å². The van der Waals surface area contributed by atoms with Crippen molar-refractivity contribution in [2.24, 2.45) is 4.99 Å². The van der Waals surface area contributed by atoms with Crippen LogP contribution in [0.1, 0.15) is 22.8 Å². The predicted molar refractivity (Wildman–Crippen MR) is 132 cm³/mol. The van der Waals surface area contributed by atoms with E-state index in [1.807, 2.05) is 12.1 Å². The second kappa shape index (κ2) is 12.3. The molecule has 0 spiro atoms. The van der Waals surface area contributed by atoms with E-state index >= 15 is 0 Å². The molecule has 0 unspecified atom stereocenters. The van der Waals surface area contributed by atoms with E-state index in [9.17, 15) is 14.4 Å². The number of carbonyl (C=O) groups is 3. The summed E-state index contributed by atoms with van der Waals surface area (Å²) < 4.78 is 5.53. The van der Waals surface area contributed by atoms with E-state index in [2.05, 4.69) is 20.3 Å². The third-order valence-electron chi connectivity index (χ3n) is 4.80. The summed E-state index contributed by atoms with van der Waals surface area (Å²) >= 11 is 5.96. The van der Waals surface area contributed by atoms with Gasteiger partial charge in [0.05, 0.1) is 11.3 Å². The fourth-order valence-corrected chi connectivity index (χ4v) is 3.00. The summed E-state index contributed by atoms with van der Waals surface area (Å²) in [5.41, 5.74) is 1.38. The topological polar surface area (TPSA) is 137 Å². The number of rotatable bonds is 8. The highest BCUT2D eigenvalue weighted by molar-refractivity contribution is 6.30. The number of nitrogens with one attached hydrogen (secondary N) is 1. The zero-order valence-corrected chi connectivity index (χ0v) is 20.2. The number of halogens is 1. The number of hydrogen-bond donors (Lipinski definition) is 2. The molecule has 2 aromatic carbocycles. The lowest BCUT2D eigenvalue weighted by Gasteiger charge is -2.23. The number of aliphatic imine (C=N–C) groups is 1.